The zero-order chi connectivity index (χ0) is 18.5. The van der Waals surface area contributed by atoms with Crippen LogP contribution in [0, 0.1) is 5.82 Å². The van der Waals surface area contributed by atoms with Crippen molar-refractivity contribution in [2.24, 2.45) is 0 Å². The molecule has 0 saturated heterocycles. The maximum Gasteiger partial charge on any atom is 0.223 e. The van der Waals surface area contributed by atoms with Gasteiger partial charge in [-0.25, -0.2) is 9.37 Å². The van der Waals surface area contributed by atoms with Gasteiger partial charge in [0.2, 0.25) is 5.91 Å². The SMILES string of the molecule is CN(C)C(=O)CCNc1ccc(-c2cc(-c3ccc(F)cc3)[nH]n2)cn1. The van der Waals surface area contributed by atoms with E-state index in [1.165, 1.54) is 12.1 Å². The lowest BCUT2D eigenvalue weighted by Gasteiger charge is -2.10. The van der Waals surface area contributed by atoms with Gasteiger partial charge in [-0.2, -0.15) is 5.10 Å². The molecule has 134 valence electrons. The Morgan fingerprint density at radius 2 is 1.88 bits per heavy atom. The Hall–Kier alpha value is -3.22. The van der Waals surface area contributed by atoms with Crippen LogP contribution in [0.1, 0.15) is 6.42 Å². The second-order valence-corrected chi connectivity index (χ2v) is 6.07. The first-order valence-corrected chi connectivity index (χ1v) is 8.25. The van der Waals surface area contributed by atoms with E-state index in [0.29, 0.717) is 18.8 Å². The second kappa shape index (κ2) is 7.77. The van der Waals surface area contributed by atoms with Crippen LogP contribution in [0.25, 0.3) is 22.5 Å². The summed E-state index contributed by atoms with van der Waals surface area (Å²) in [6, 6.07) is 11.9. The van der Waals surface area contributed by atoms with Crippen molar-refractivity contribution in [3.8, 4) is 22.5 Å². The zero-order valence-corrected chi connectivity index (χ0v) is 14.7. The number of hydrogen-bond acceptors (Lipinski definition) is 4. The Labute approximate surface area is 151 Å². The number of carbonyl (C=O) groups is 1. The highest BCUT2D eigenvalue weighted by molar-refractivity contribution is 5.76. The third-order valence-corrected chi connectivity index (χ3v) is 3.94. The maximum atomic E-state index is 13.0. The van der Waals surface area contributed by atoms with E-state index in [2.05, 4.69) is 20.5 Å². The van der Waals surface area contributed by atoms with Crippen LogP contribution in [0.4, 0.5) is 10.2 Å². The number of pyridine rings is 1. The molecule has 7 heteroatoms. The number of benzene rings is 1. The quantitative estimate of drug-likeness (QED) is 0.714. The van der Waals surface area contributed by atoms with E-state index in [1.54, 1.807) is 37.3 Å². The molecule has 0 aliphatic rings. The molecule has 3 rings (SSSR count). The molecule has 1 aromatic carbocycles. The lowest BCUT2D eigenvalue weighted by molar-refractivity contribution is -0.128. The van der Waals surface area contributed by atoms with Crippen LogP contribution >= 0.6 is 0 Å². The first kappa shape index (κ1) is 17.6. The second-order valence-electron chi connectivity index (χ2n) is 6.07. The van der Waals surface area contributed by atoms with Crippen LogP contribution in [-0.2, 0) is 4.79 Å². The molecule has 0 bridgehead atoms. The lowest BCUT2D eigenvalue weighted by atomic mass is 10.1. The van der Waals surface area contributed by atoms with Crippen LogP contribution in [-0.4, -0.2) is 46.6 Å². The topological polar surface area (TPSA) is 73.9 Å². The Kier molecular flexibility index (Phi) is 5.26. The molecule has 26 heavy (non-hydrogen) atoms. The number of carbonyl (C=O) groups excluding carboxylic acids is 1. The van der Waals surface area contributed by atoms with Crippen molar-refractivity contribution in [2.45, 2.75) is 6.42 Å². The van der Waals surface area contributed by atoms with E-state index in [4.69, 9.17) is 0 Å². The predicted molar refractivity (Wildman–Crippen MR) is 99.0 cm³/mol. The molecule has 0 radical (unpaired) electrons. The minimum atomic E-state index is -0.270. The number of amides is 1. The summed E-state index contributed by atoms with van der Waals surface area (Å²) in [6.45, 7) is 0.528. The third-order valence-electron chi connectivity index (χ3n) is 3.94. The summed E-state index contributed by atoms with van der Waals surface area (Å²) in [6.07, 6.45) is 2.14. The van der Waals surface area contributed by atoms with Gasteiger partial charge < -0.3 is 10.2 Å². The van der Waals surface area contributed by atoms with Crippen molar-refractivity contribution in [3.63, 3.8) is 0 Å². The summed E-state index contributed by atoms with van der Waals surface area (Å²) < 4.78 is 13.0. The van der Waals surface area contributed by atoms with Crippen molar-refractivity contribution in [1.82, 2.24) is 20.1 Å². The molecule has 0 aliphatic carbocycles. The molecule has 2 heterocycles. The summed E-state index contributed by atoms with van der Waals surface area (Å²) in [7, 11) is 3.47. The minimum Gasteiger partial charge on any atom is -0.370 e. The van der Waals surface area contributed by atoms with Crippen molar-refractivity contribution < 1.29 is 9.18 Å². The number of halogens is 1. The van der Waals surface area contributed by atoms with Gasteiger partial charge in [0.15, 0.2) is 0 Å². The number of aromatic amines is 1. The third kappa shape index (κ3) is 4.24. The van der Waals surface area contributed by atoms with E-state index in [1.807, 2.05) is 18.2 Å². The lowest BCUT2D eigenvalue weighted by Crippen LogP contribution is -2.24. The normalized spacial score (nSPS) is 10.6. The molecular weight excluding hydrogens is 333 g/mol. The van der Waals surface area contributed by atoms with E-state index in [0.717, 1.165) is 22.5 Å². The highest BCUT2D eigenvalue weighted by Crippen LogP contribution is 2.24. The van der Waals surface area contributed by atoms with Gasteiger partial charge in [-0.1, -0.05) is 0 Å². The average Bonchev–Trinajstić information content (AvgIpc) is 3.13. The summed E-state index contributed by atoms with van der Waals surface area (Å²) in [5, 5.41) is 10.4. The fourth-order valence-corrected chi connectivity index (χ4v) is 2.42. The number of H-pyrrole nitrogens is 1. The molecule has 0 unspecified atom stereocenters. The van der Waals surface area contributed by atoms with Gasteiger partial charge in [0, 0.05) is 38.8 Å². The Morgan fingerprint density at radius 3 is 2.54 bits per heavy atom. The standard InChI is InChI=1S/C19H20FN5O/c1-25(2)19(26)9-10-21-18-8-5-14(12-22-18)17-11-16(23-24-17)13-3-6-15(20)7-4-13/h3-8,11-12H,9-10H2,1-2H3,(H,21,22)(H,23,24). The largest absolute Gasteiger partial charge is 0.370 e. The Bertz CT molecular complexity index is 872. The summed E-state index contributed by atoms with van der Waals surface area (Å²) in [5.41, 5.74) is 3.29. The molecule has 6 nitrogen and oxygen atoms in total. The smallest absolute Gasteiger partial charge is 0.223 e. The summed E-state index contributed by atoms with van der Waals surface area (Å²) in [5.74, 6) is 0.502. The Morgan fingerprint density at radius 1 is 1.15 bits per heavy atom. The van der Waals surface area contributed by atoms with E-state index < -0.39 is 0 Å². The van der Waals surface area contributed by atoms with Gasteiger partial charge in [-0.3, -0.25) is 9.89 Å². The monoisotopic (exact) mass is 353 g/mol. The molecule has 0 atom stereocenters. The summed E-state index contributed by atoms with van der Waals surface area (Å²) >= 11 is 0. The number of hydrogen-bond donors (Lipinski definition) is 2. The zero-order valence-electron chi connectivity index (χ0n) is 14.7. The van der Waals surface area contributed by atoms with Gasteiger partial charge in [-0.05, 0) is 48.0 Å². The van der Waals surface area contributed by atoms with Crippen LogP contribution in [0.2, 0.25) is 0 Å². The van der Waals surface area contributed by atoms with Gasteiger partial charge in [0.1, 0.15) is 11.6 Å². The molecule has 2 aromatic heterocycles. The van der Waals surface area contributed by atoms with Gasteiger partial charge in [0.05, 0.1) is 11.4 Å². The molecule has 0 fully saturated rings. The first-order valence-electron chi connectivity index (χ1n) is 8.25. The van der Waals surface area contributed by atoms with E-state index in [9.17, 15) is 9.18 Å². The molecular formula is C19H20FN5O. The van der Waals surface area contributed by atoms with Gasteiger partial charge in [-0.15, -0.1) is 0 Å². The fourth-order valence-electron chi connectivity index (χ4n) is 2.42. The van der Waals surface area contributed by atoms with Crippen molar-refractivity contribution in [3.05, 3.63) is 54.5 Å². The van der Waals surface area contributed by atoms with E-state index in [-0.39, 0.29) is 11.7 Å². The van der Waals surface area contributed by atoms with Crippen molar-refractivity contribution in [1.29, 1.82) is 0 Å². The fraction of sp³-hybridized carbons (Fsp3) is 0.211. The molecule has 0 aliphatic heterocycles. The molecule has 3 aromatic rings. The highest BCUT2D eigenvalue weighted by atomic mass is 19.1. The molecule has 0 saturated carbocycles. The van der Waals surface area contributed by atoms with Crippen LogP contribution in [0.5, 0.6) is 0 Å². The molecule has 1 amide bonds. The van der Waals surface area contributed by atoms with Crippen molar-refractivity contribution in [2.75, 3.05) is 26.0 Å². The number of nitrogens with one attached hydrogen (secondary N) is 2. The number of nitrogens with zero attached hydrogens (tertiary/aromatic N) is 3. The summed E-state index contributed by atoms with van der Waals surface area (Å²) in [4.78, 5) is 17.5. The molecule has 0 spiro atoms. The first-order chi connectivity index (χ1) is 12.5. The minimum absolute atomic E-state index is 0.0685. The highest BCUT2D eigenvalue weighted by Gasteiger charge is 2.07. The van der Waals surface area contributed by atoms with Crippen LogP contribution in [0.3, 0.4) is 0 Å². The predicted octanol–water partition coefficient (Wildman–Crippen LogP) is 3.17. The average molecular weight is 353 g/mol. The number of aromatic nitrogens is 3. The van der Waals surface area contributed by atoms with Gasteiger partial charge in [0.25, 0.3) is 0 Å². The van der Waals surface area contributed by atoms with Gasteiger partial charge >= 0.3 is 0 Å². The van der Waals surface area contributed by atoms with E-state index >= 15 is 0 Å². The Balaban J connectivity index is 1.64. The maximum absolute atomic E-state index is 13.0. The number of rotatable bonds is 6. The van der Waals surface area contributed by atoms with Crippen LogP contribution < -0.4 is 5.32 Å². The van der Waals surface area contributed by atoms with Crippen molar-refractivity contribution >= 4 is 11.7 Å². The van der Waals surface area contributed by atoms with Crippen LogP contribution in [0.15, 0.2) is 48.7 Å². The molecule has 2 N–H and O–H groups in total. The number of anilines is 1.